The van der Waals surface area contributed by atoms with E-state index in [0.717, 1.165) is 0 Å². The zero-order chi connectivity index (χ0) is 10.7. The van der Waals surface area contributed by atoms with Crippen LogP contribution in [0.25, 0.3) is 0 Å². The molecule has 0 aromatic carbocycles. The molecule has 0 saturated carbocycles. The molecule has 14 heavy (non-hydrogen) atoms. The molecule has 0 spiro atoms. The molecule has 0 saturated heterocycles. The van der Waals surface area contributed by atoms with Crippen LogP contribution in [0.3, 0.4) is 0 Å². The van der Waals surface area contributed by atoms with Crippen LogP contribution in [0.2, 0.25) is 0 Å². The van der Waals surface area contributed by atoms with E-state index in [1.165, 1.54) is 5.01 Å². The van der Waals surface area contributed by atoms with Gasteiger partial charge in [-0.15, -0.1) is 0 Å². The predicted molar refractivity (Wildman–Crippen MR) is 54.6 cm³/mol. The number of nitrogens with zero attached hydrogens (tertiary/aromatic N) is 3. The maximum Gasteiger partial charge on any atom is 0.320 e. The number of nitrogens with two attached hydrogens (primary N) is 3. The van der Waals surface area contributed by atoms with Gasteiger partial charge in [-0.3, -0.25) is 5.01 Å². The van der Waals surface area contributed by atoms with E-state index in [1.807, 2.05) is 6.92 Å². The van der Waals surface area contributed by atoms with Crippen molar-refractivity contribution in [2.75, 3.05) is 30.1 Å². The van der Waals surface area contributed by atoms with Crippen molar-refractivity contribution in [2.45, 2.75) is 6.92 Å². The quantitative estimate of drug-likeness (QED) is 0.436. The highest BCUT2D eigenvalue weighted by molar-refractivity contribution is 5.73. The van der Waals surface area contributed by atoms with Gasteiger partial charge in [-0.2, -0.15) is 9.97 Å². The summed E-state index contributed by atoms with van der Waals surface area (Å²) < 4.78 is 5.09. The fourth-order valence-electron chi connectivity index (χ4n) is 0.916. The summed E-state index contributed by atoms with van der Waals surface area (Å²) in [6.45, 7) is 2.28. The number of nitrogen functional groups attached to an aromatic ring is 2. The summed E-state index contributed by atoms with van der Waals surface area (Å²) in [5, 5.41) is 1.26. The van der Waals surface area contributed by atoms with Crippen LogP contribution in [-0.4, -0.2) is 23.6 Å². The van der Waals surface area contributed by atoms with Crippen molar-refractivity contribution in [1.82, 2.24) is 9.97 Å². The van der Waals surface area contributed by atoms with Crippen molar-refractivity contribution >= 4 is 17.3 Å². The Morgan fingerprint density at radius 3 is 2.50 bits per heavy atom. The third-order valence-electron chi connectivity index (χ3n) is 1.54. The van der Waals surface area contributed by atoms with Crippen LogP contribution in [-0.2, 0) is 0 Å². The fourth-order valence-corrected chi connectivity index (χ4v) is 0.916. The molecule has 0 radical (unpaired) electrons. The average molecular weight is 198 g/mol. The van der Waals surface area contributed by atoms with Gasteiger partial charge >= 0.3 is 6.01 Å². The second-order valence-electron chi connectivity index (χ2n) is 2.67. The number of anilines is 3. The highest BCUT2D eigenvalue weighted by Gasteiger charge is 2.11. The number of rotatable bonds is 3. The van der Waals surface area contributed by atoms with E-state index in [0.29, 0.717) is 12.4 Å². The highest BCUT2D eigenvalue weighted by atomic mass is 16.5. The van der Waals surface area contributed by atoms with E-state index in [1.54, 1.807) is 7.05 Å². The van der Waals surface area contributed by atoms with Gasteiger partial charge in [0.25, 0.3) is 0 Å². The minimum Gasteiger partial charge on any atom is -0.464 e. The van der Waals surface area contributed by atoms with Crippen LogP contribution in [0.1, 0.15) is 6.92 Å². The Kier molecular flexibility index (Phi) is 2.92. The largest absolute Gasteiger partial charge is 0.464 e. The Hall–Kier alpha value is -1.76. The summed E-state index contributed by atoms with van der Waals surface area (Å²) >= 11 is 0. The van der Waals surface area contributed by atoms with Crippen molar-refractivity contribution in [3.8, 4) is 6.01 Å². The van der Waals surface area contributed by atoms with Gasteiger partial charge in [0.05, 0.1) is 6.61 Å². The molecule has 0 aliphatic carbocycles. The first-order chi connectivity index (χ1) is 6.56. The Bertz CT molecular complexity index is 326. The molecular formula is C7H14N6O. The molecule has 1 aromatic rings. The van der Waals surface area contributed by atoms with Crippen LogP contribution in [0.4, 0.5) is 17.3 Å². The Morgan fingerprint density at radius 2 is 2.00 bits per heavy atom. The van der Waals surface area contributed by atoms with Gasteiger partial charge in [-0.1, -0.05) is 0 Å². The second-order valence-corrected chi connectivity index (χ2v) is 2.67. The van der Waals surface area contributed by atoms with Gasteiger partial charge in [0.15, 0.2) is 11.6 Å². The summed E-state index contributed by atoms with van der Waals surface area (Å²) in [4.78, 5) is 7.83. The molecular weight excluding hydrogens is 184 g/mol. The molecule has 7 nitrogen and oxygen atoms in total. The van der Waals surface area contributed by atoms with Gasteiger partial charge in [0.2, 0.25) is 0 Å². The summed E-state index contributed by atoms with van der Waals surface area (Å²) in [5.41, 5.74) is 11.4. The maximum atomic E-state index is 5.62. The molecule has 0 bridgehead atoms. The number of aromatic nitrogens is 2. The number of hydrazine groups is 1. The Balaban J connectivity index is 3.14. The molecule has 1 heterocycles. The van der Waals surface area contributed by atoms with Crippen molar-refractivity contribution < 1.29 is 4.74 Å². The summed E-state index contributed by atoms with van der Waals surface area (Å²) in [7, 11) is 1.61. The topological polar surface area (TPSA) is 116 Å². The first kappa shape index (κ1) is 10.3. The van der Waals surface area contributed by atoms with Crippen LogP contribution in [0.15, 0.2) is 0 Å². The van der Waals surface area contributed by atoms with Gasteiger partial charge < -0.3 is 16.2 Å². The van der Waals surface area contributed by atoms with E-state index < -0.39 is 0 Å². The lowest BCUT2D eigenvalue weighted by Crippen LogP contribution is -2.28. The van der Waals surface area contributed by atoms with Crippen LogP contribution >= 0.6 is 0 Å². The lowest BCUT2D eigenvalue weighted by Gasteiger charge is -2.15. The lowest BCUT2D eigenvalue weighted by atomic mass is 10.4. The lowest BCUT2D eigenvalue weighted by molar-refractivity contribution is 0.313. The third kappa shape index (κ3) is 1.94. The molecule has 7 heteroatoms. The second kappa shape index (κ2) is 3.97. The minimum absolute atomic E-state index is 0.163. The zero-order valence-electron chi connectivity index (χ0n) is 8.19. The molecule has 0 fully saturated rings. The van der Waals surface area contributed by atoms with Crippen molar-refractivity contribution in [2.24, 2.45) is 5.84 Å². The van der Waals surface area contributed by atoms with E-state index >= 15 is 0 Å². The SMILES string of the molecule is CCOc1nc(N)c(N)c(N(C)N)n1. The molecule has 0 aliphatic heterocycles. The molecule has 0 atom stereocenters. The summed E-state index contributed by atoms with van der Waals surface area (Å²) in [6, 6.07) is 0.173. The Labute approximate surface area is 81.8 Å². The van der Waals surface area contributed by atoms with Crippen molar-refractivity contribution in [3.05, 3.63) is 0 Å². The van der Waals surface area contributed by atoms with Gasteiger partial charge in [-0.05, 0) is 6.92 Å². The van der Waals surface area contributed by atoms with Gasteiger partial charge in [0.1, 0.15) is 5.69 Å². The van der Waals surface area contributed by atoms with Crippen LogP contribution < -0.4 is 27.1 Å². The summed E-state index contributed by atoms with van der Waals surface area (Å²) in [5.74, 6) is 6.01. The van der Waals surface area contributed by atoms with E-state index in [4.69, 9.17) is 22.0 Å². The van der Waals surface area contributed by atoms with Crippen LogP contribution in [0, 0.1) is 0 Å². The summed E-state index contributed by atoms with van der Waals surface area (Å²) in [6.07, 6.45) is 0. The fraction of sp³-hybridized carbons (Fsp3) is 0.429. The van der Waals surface area contributed by atoms with Crippen molar-refractivity contribution in [1.29, 1.82) is 0 Å². The molecule has 78 valence electrons. The van der Waals surface area contributed by atoms with Crippen molar-refractivity contribution in [3.63, 3.8) is 0 Å². The van der Waals surface area contributed by atoms with Gasteiger partial charge in [-0.25, -0.2) is 5.84 Å². The maximum absolute atomic E-state index is 5.62. The molecule has 1 rings (SSSR count). The van der Waals surface area contributed by atoms with E-state index in [2.05, 4.69) is 9.97 Å². The molecule has 1 aromatic heterocycles. The van der Waals surface area contributed by atoms with E-state index in [-0.39, 0.29) is 17.5 Å². The molecule has 0 aliphatic rings. The highest BCUT2D eigenvalue weighted by Crippen LogP contribution is 2.24. The first-order valence-electron chi connectivity index (χ1n) is 4.10. The normalized spacial score (nSPS) is 9.93. The molecule has 0 amide bonds. The number of hydrogen-bond donors (Lipinski definition) is 3. The Morgan fingerprint density at radius 1 is 1.36 bits per heavy atom. The monoisotopic (exact) mass is 198 g/mol. The third-order valence-corrected chi connectivity index (χ3v) is 1.54. The first-order valence-corrected chi connectivity index (χ1v) is 4.10. The van der Waals surface area contributed by atoms with E-state index in [9.17, 15) is 0 Å². The van der Waals surface area contributed by atoms with Crippen LogP contribution in [0.5, 0.6) is 6.01 Å². The molecule has 6 N–H and O–H groups in total. The number of hydrogen-bond acceptors (Lipinski definition) is 7. The van der Waals surface area contributed by atoms with Gasteiger partial charge in [0, 0.05) is 7.05 Å². The zero-order valence-corrected chi connectivity index (χ0v) is 8.19. The predicted octanol–water partition coefficient (Wildman–Crippen LogP) is -0.650. The average Bonchev–Trinajstić information content (AvgIpc) is 2.11. The number of ether oxygens (including phenoxy) is 1. The standard InChI is InChI=1S/C7H14N6O/c1-3-14-7-11-5(9)4(8)6(12-7)13(2)10/h3,8,10H2,1-2H3,(H2,9,11,12). The molecule has 0 unspecified atom stereocenters. The minimum atomic E-state index is 0.163. The smallest absolute Gasteiger partial charge is 0.320 e.